The Morgan fingerprint density at radius 2 is 2.25 bits per heavy atom. The Labute approximate surface area is 97.5 Å². The number of nitrogens with two attached hydrogens (primary N) is 1. The number of nitrogen functional groups attached to an aromatic ring is 1. The van der Waals surface area contributed by atoms with Crippen LogP contribution in [0.3, 0.4) is 0 Å². The van der Waals surface area contributed by atoms with Gasteiger partial charge in [0.1, 0.15) is 0 Å². The van der Waals surface area contributed by atoms with Crippen LogP contribution in [0.1, 0.15) is 32.0 Å². The van der Waals surface area contributed by atoms with Gasteiger partial charge in [-0.05, 0) is 24.0 Å². The molecule has 2 heterocycles. The van der Waals surface area contributed by atoms with Gasteiger partial charge in [-0.3, -0.25) is 0 Å². The van der Waals surface area contributed by atoms with Crippen LogP contribution in [0.15, 0.2) is 16.7 Å². The zero-order valence-electron chi connectivity index (χ0n) is 9.23. The third kappa shape index (κ3) is 1.51. The highest BCUT2D eigenvalue weighted by Crippen LogP contribution is 2.57. The first-order valence-corrected chi connectivity index (χ1v) is 6.07. The van der Waals surface area contributed by atoms with Crippen LogP contribution in [0, 0.1) is 5.41 Å². The van der Waals surface area contributed by atoms with Gasteiger partial charge in [0.25, 0.3) is 5.89 Å². The predicted molar refractivity (Wildman–Crippen MR) is 63.2 cm³/mol. The molecule has 5 heteroatoms. The SMILES string of the molecule is CC1(C)CC1c1noc(-c2ccc(N)s2)n1. The molecule has 1 unspecified atom stereocenters. The Balaban J connectivity index is 1.89. The van der Waals surface area contributed by atoms with E-state index in [1.807, 2.05) is 12.1 Å². The lowest BCUT2D eigenvalue weighted by molar-refractivity contribution is 0.420. The lowest BCUT2D eigenvalue weighted by atomic mass is 10.1. The number of aromatic nitrogens is 2. The van der Waals surface area contributed by atoms with Crippen LogP contribution in [0.5, 0.6) is 0 Å². The second-order valence-electron chi connectivity index (χ2n) is 4.91. The molecule has 0 aromatic carbocycles. The molecule has 1 atom stereocenters. The van der Waals surface area contributed by atoms with Crippen molar-refractivity contribution in [2.75, 3.05) is 5.73 Å². The number of rotatable bonds is 2. The molecule has 0 amide bonds. The topological polar surface area (TPSA) is 64.9 Å². The van der Waals surface area contributed by atoms with E-state index in [9.17, 15) is 0 Å². The number of nitrogens with zero attached hydrogens (tertiary/aromatic N) is 2. The molecule has 1 aliphatic carbocycles. The molecule has 0 saturated heterocycles. The van der Waals surface area contributed by atoms with Crippen LogP contribution in [0.25, 0.3) is 10.8 Å². The van der Waals surface area contributed by atoms with Gasteiger partial charge in [-0.25, -0.2) is 0 Å². The summed E-state index contributed by atoms with van der Waals surface area (Å²) >= 11 is 1.47. The van der Waals surface area contributed by atoms with Gasteiger partial charge < -0.3 is 10.3 Å². The highest BCUT2D eigenvalue weighted by atomic mass is 32.1. The maximum Gasteiger partial charge on any atom is 0.268 e. The average Bonchev–Trinajstić information content (AvgIpc) is 2.67. The summed E-state index contributed by atoms with van der Waals surface area (Å²) in [5.41, 5.74) is 6.00. The van der Waals surface area contributed by atoms with Crippen molar-refractivity contribution in [1.82, 2.24) is 10.1 Å². The van der Waals surface area contributed by atoms with Crippen molar-refractivity contribution in [3.05, 3.63) is 18.0 Å². The molecule has 2 aromatic heterocycles. The van der Waals surface area contributed by atoms with Gasteiger partial charge in [0, 0.05) is 5.92 Å². The van der Waals surface area contributed by atoms with Crippen LogP contribution in [-0.4, -0.2) is 10.1 Å². The molecule has 4 nitrogen and oxygen atoms in total. The van der Waals surface area contributed by atoms with E-state index >= 15 is 0 Å². The third-order valence-electron chi connectivity index (χ3n) is 3.10. The van der Waals surface area contributed by atoms with Crippen LogP contribution >= 0.6 is 11.3 Å². The number of hydrogen-bond donors (Lipinski definition) is 1. The highest BCUT2D eigenvalue weighted by Gasteiger charge is 2.49. The Bertz CT molecular complexity index is 529. The molecular formula is C11H13N3OS. The van der Waals surface area contributed by atoms with Gasteiger partial charge >= 0.3 is 0 Å². The first kappa shape index (κ1) is 9.84. The van der Waals surface area contributed by atoms with E-state index in [0.29, 0.717) is 17.2 Å². The van der Waals surface area contributed by atoms with E-state index in [1.165, 1.54) is 11.3 Å². The maximum absolute atomic E-state index is 5.67. The van der Waals surface area contributed by atoms with E-state index in [1.54, 1.807) is 0 Å². The summed E-state index contributed by atoms with van der Waals surface area (Å²) in [6, 6.07) is 3.76. The molecule has 16 heavy (non-hydrogen) atoms. The van der Waals surface area contributed by atoms with Crippen LogP contribution in [-0.2, 0) is 0 Å². The predicted octanol–water partition coefficient (Wildman–Crippen LogP) is 2.89. The number of anilines is 1. The van der Waals surface area contributed by atoms with E-state index in [2.05, 4.69) is 24.0 Å². The van der Waals surface area contributed by atoms with Crippen LogP contribution < -0.4 is 5.73 Å². The fourth-order valence-electron chi connectivity index (χ4n) is 1.85. The normalized spacial score (nSPS) is 22.2. The van der Waals surface area contributed by atoms with Crippen molar-refractivity contribution < 1.29 is 4.52 Å². The molecular weight excluding hydrogens is 222 g/mol. The molecule has 0 spiro atoms. The molecule has 2 aromatic rings. The van der Waals surface area contributed by atoms with Crippen molar-refractivity contribution in [2.45, 2.75) is 26.2 Å². The van der Waals surface area contributed by atoms with E-state index < -0.39 is 0 Å². The smallest absolute Gasteiger partial charge is 0.268 e. The molecule has 0 bridgehead atoms. The number of hydrogen-bond acceptors (Lipinski definition) is 5. The quantitative estimate of drug-likeness (QED) is 0.869. The van der Waals surface area contributed by atoms with Gasteiger partial charge in [0.05, 0.1) is 9.88 Å². The van der Waals surface area contributed by atoms with Crippen molar-refractivity contribution in [1.29, 1.82) is 0 Å². The molecule has 0 radical (unpaired) electrons. The zero-order chi connectivity index (χ0) is 11.3. The molecule has 0 aliphatic heterocycles. The summed E-state index contributed by atoms with van der Waals surface area (Å²) in [5, 5.41) is 4.80. The Morgan fingerprint density at radius 1 is 1.50 bits per heavy atom. The summed E-state index contributed by atoms with van der Waals surface area (Å²) in [4.78, 5) is 5.37. The van der Waals surface area contributed by atoms with Crippen LogP contribution in [0.2, 0.25) is 0 Å². The van der Waals surface area contributed by atoms with Crippen molar-refractivity contribution in [3.63, 3.8) is 0 Å². The minimum absolute atomic E-state index is 0.329. The second kappa shape index (κ2) is 3.07. The minimum Gasteiger partial charge on any atom is -0.391 e. The van der Waals surface area contributed by atoms with Gasteiger partial charge in [0.15, 0.2) is 5.82 Å². The third-order valence-corrected chi connectivity index (χ3v) is 4.01. The van der Waals surface area contributed by atoms with Gasteiger partial charge in [-0.15, -0.1) is 11.3 Å². The fraction of sp³-hybridized carbons (Fsp3) is 0.455. The average molecular weight is 235 g/mol. The molecule has 1 aliphatic rings. The molecule has 2 N–H and O–H groups in total. The first-order chi connectivity index (χ1) is 7.56. The summed E-state index contributed by atoms with van der Waals surface area (Å²) in [6.07, 6.45) is 1.14. The fourth-order valence-corrected chi connectivity index (χ4v) is 2.55. The molecule has 84 valence electrons. The van der Waals surface area contributed by atoms with E-state index in [-0.39, 0.29) is 0 Å². The Hall–Kier alpha value is -1.36. The molecule has 1 saturated carbocycles. The summed E-state index contributed by atoms with van der Waals surface area (Å²) in [6.45, 7) is 4.44. The van der Waals surface area contributed by atoms with Crippen molar-refractivity contribution >= 4 is 16.3 Å². The monoisotopic (exact) mass is 235 g/mol. The van der Waals surface area contributed by atoms with E-state index in [0.717, 1.165) is 22.1 Å². The van der Waals surface area contributed by atoms with Crippen molar-refractivity contribution in [3.8, 4) is 10.8 Å². The lowest BCUT2D eigenvalue weighted by Gasteiger charge is -1.95. The highest BCUT2D eigenvalue weighted by molar-refractivity contribution is 7.19. The summed E-state index contributed by atoms with van der Waals surface area (Å²) in [7, 11) is 0. The molecule has 1 fully saturated rings. The van der Waals surface area contributed by atoms with Gasteiger partial charge in [0.2, 0.25) is 0 Å². The van der Waals surface area contributed by atoms with Gasteiger partial charge in [-0.2, -0.15) is 4.98 Å². The standard InChI is InChI=1S/C11H13N3OS/c1-11(2)5-6(11)9-13-10(15-14-9)7-3-4-8(12)16-7/h3-4,6H,5,12H2,1-2H3. The Morgan fingerprint density at radius 3 is 2.81 bits per heavy atom. The summed E-state index contributed by atoms with van der Waals surface area (Å²) < 4.78 is 5.25. The lowest BCUT2D eigenvalue weighted by Crippen LogP contribution is -1.91. The summed E-state index contributed by atoms with van der Waals surface area (Å²) in [5.74, 6) is 1.86. The number of thiophene rings is 1. The second-order valence-corrected chi connectivity index (χ2v) is 6.02. The molecule has 3 rings (SSSR count). The van der Waals surface area contributed by atoms with E-state index in [4.69, 9.17) is 10.3 Å². The van der Waals surface area contributed by atoms with Gasteiger partial charge in [-0.1, -0.05) is 19.0 Å². The van der Waals surface area contributed by atoms with Crippen molar-refractivity contribution in [2.24, 2.45) is 5.41 Å². The zero-order valence-corrected chi connectivity index (χ0v) is 10.0. The Kier molecular flexibility index (Phi) is 1.89. The minimum atomic E-state index is 0.329. The first-order valence-electron chi connectivity index (χ1n) is 5.25. The van der Waals surface area contributed by atoms with Crippen LogP contribution in [0.4, 0.5) is 5.00 Å². The largest absolute Gasteiger partial charge is 0.391 e. The maximum atomic E-state index is 5.67.